The van der Waals surface area contributed by atoms with Crippen LogP contribution in [0, 0.1) is 0 Å². The number of carboxylic acids is 1. The lowest BCUT2D eigenvalue weighted by Gasteiger charge is -2.34. The van der Waals surface area contributed by atoms with Crippen molar-refractivity contribution >= 4 is 43.4 Å². The van der Waals surface area contributed by atoms with Crippen molar-refractivity contribution in [1.29, 1.82) is 0 Å². The number of benzene rings is 4. The Morgan fingerprint density at radius 3 is 2.41 bits per heavy atom. The van der Waals surface area contributed by atoms with E-state index in [9.17, 15) is 18.3 Å². The number of aromatic nitrogens is 3. The summed E-state index contributed by atoms with van der Waals surface area (Å²) in [5.41, 5.74) is 6.44. The van der Waals surface area contributed by atoms with Gasteiger partial charge in [-0.1, -0.05) is 54.6 Å². The van der Waals surface area contributed by atoms with E-state index in [0.717, 1.165) is 74.0 Å². The van der Waals surface area contributed by atoms with Crippen LogP contribution in [0.25, 0.3) is 32.8 Å². The quantitative estimate of drug-likeness (QED) is 0.140. The number of aromatic carboxylic acids is 1. The molecular weight excluding hydrogens is 731 g/mol. The highest BCUT2D eigenvalue weighted by Crippen LogP contribution is 2.39. The highest BCUT2D eigenvalue weighted by Gasteiger charge is 2.28. The number of anilines is 1. The van der Waals surface area contributed by atoms with Crippen molar-refractivity contribution in [2.45, 2.75) is 45.4 Å². The Morgan fingerprint density at radius 2 is 1.62 bits per heavy atom. The number of carbonyl (C=O) groups is 1. The predicted molar refractivity (Wildman–Crippen MR) is 217 cm³/mol. The van der Waals surface area contributed by atoms with Gasteiger partial charge in [0.15, 0.2) is 0 Å². The van der Waals surface area contributed by atoms with Crippen molar-refractivity contribution in [2.24, 2.45) is 7.05 Å². The highest BCUT2D eigenvalue weighted by atomic mass is 32.2. The smallest absolute Gasteiger partial charge is 0.352 e. The fraction of sp³-hybridized carbons (Fsp3) is 0.349. The molecule has 2 aliphatic rings. The monoisotopic (exact) mass is 777 g/mol. The lowest BCUT2D eigenvalue weighted by Crippen LogP contribution is -2.48. The Labute approximate surface area is 326 Å². The second-order valence-electron chi connectivity index (χ2n) is 14.5. The molecule has 2 aromatic heterocycles. The summed E-state index contributed by atoms with van der Waals surface area (Å²) in [5.74, 6) is 0.556. The molecule has 6 aromatic rings. The van der Waals surface area contributed by atoms with E-state index in [2.05, 4.69) is 29.2 Å². The molecule has 292 valence electrons. The first-order chi connectivity index (χ1) is 27.2. The second-order valence-corrected chi connectivity index (χ2v) is 16.5. The molecule has 8 rings (SSSR count). The minimum Gasteiger partial charge on any atom is -0.493 e. The first-order valence-electron chi connectivity index (χ1n) is 19.2. The van der Waals surface area contributed by atoms with Gasteiger partial charge in [-0.15, -0.1) is 0 Å². The Morgan fingerprint density at radius 1 is 0.875 bits per heavy atom. The molecule has 4 heterocycles. The number of fused-ring (bicyclic) bond motifs is 3. The number of carboxylic acid groups (broad SMARTS) is 1. The molecule has 0 unspecified atom stereocenters. The number of rotatable bonds is 11. The summed E-state index contributed by atoms with van der Waals surface area (Å²) < 4.78 is 48.1. The van der Waals surface area contributed by atoms with Crippen LogP contribution >= 0.6 is 0 Å². The van der Waals surface area contributed by atoms with E-state index < -0.39 is 16.0 Å². The van der Waals surface area contributed by atoms with Crippen LogP contribution in [0.4, 0.5) is 5.69 Å². The number of para-hydroxylation sites is 1. The van der Waals surface area contributed by atoms with Gasteiger partial charge in [0.05, 0.1) is 30.7 Å². The molecule has 0 radical (unpaired) electrons. The van der Waals surface area contributed by atoms with E-state index in [1.54, 1.807) is 0 Å². The summed E-state index contributed by atoms with van der Waals surface area (Å²) in [7, 11) is -1.29. The summed E-state index contributed by atoms with van der Waals surface area (Å²) in [6.07, 6.45) is 4.01. The molecule has 0 amide bonds. The SMILES string of the molecule is Cn1nc(COc2ccc(N3CCN(S(C)(=O)=O)CC3)cc2)c2c1COCCCCn1c(C(=O)O)c(CCCOc3cccc4ccccc34)c3cccc-2c31. The van der Waals surface area contributed by atoms with E-state index in [4.69, 9.17) is 19.3 Å². The fourth-order valence-electron chi connectivity index (χ4n) is 8.18. The maximum atomic E-state index is 13.1. The Hall–Kier alpha value is -5.37. The van der Waals surface area contributed by atoms with Crippen molar-refractivity contribution in [3.8, 4) is 22.6 Å². The van der Waals surface area contributed by atoms with Gasteiger partial charge in [-0.05, 0) is 67.0 Å². The second kappa shape index (κ2) is 16.0. The standard InChI is InChI=1S/C43H47N5O7S/c1-45-38-29-53-26-6-5-21-48-41-34(35(42(48)43(49)50)15-9-27-54-39-16-7-11-30-10-3-4-12-33(30)39)13-8-14-36(41)40(38)37(44-45)28-55-32-19-17-31(18-20-32)46-22-24-47(25-23-46)56(2,51)52/h3-4,7-8,10-14,16-20H,5-6,9,15,21-29H2,1-2H3,(H,49,50). The molecular formula is C43H47N5O7S. The third kappa shape index (κ3) is 7.58. The molecule has 4 aromatic carbocycles. The van der Waals surface area contributed by atoms with E-state index in [-0.39, 0.29) is 6.61 Å². The summed E-state index contributed by atoms with van der Waals surface area (Å²) in [6, 6.07) is 28.1. The molecule has 12 nitrogen and oxygen atoms in total. The third-order valence-electron chi connectivity index (χ3n) is 10.9. The van der Waals surface area contributed by atoms with Gasteiger partial charge >= 0.3 is 5.97 Å². The first kappa shape index (κ1) is 37.5. The van der Waals surface area contributed by atoms with Crippen LogP contribution in [0.5, 0.6) is 11.5 Å². The number of ether oxygens (including phenoxy) is 3. The molecule has 0 spiro atoms. The van der Waals surface area contributed by atoms with Crippen LogP contribution in [0.3, 0.4) is 0 Å². The largest absolute Gasteiger partial charge is 0.493 e. The van der Waals surface area contributed by atoms with Gasteiger partial charge in [0.25, 0.3) is 0 Å². The molecule has 1 N–H and O–H groups in total. The summed E-state index contributed by atoms with van der Waals surface area (Å²) in [4.78, 5) is 15.3. The number of hydrogen-bond acceptors (Lipinski definition) is 8. The van der Waals surface area contributed by atoms with Gasteiger partial charge in [-0.2, -0.15) is 9.40 Å². The normalized spacial score (nSPS) is 15.4. The number of piperazine rings is 1. The van der Waals surface area contributed by atoms with E-state index in [0.29, 0.717) is 76.8 Å². The lowest BCUT2D eigenvalue weighted by molar-refractivity contribution is 0.0683. The van der Waals surface area contributed by atoms with Crippen LogP contribution in [-0.2, 0) is 48.0 Å². The minimum atomic E-state index is -3.20. The molecule has 13 heteroatoms. The maximum Gasteiger partial charge on any atom is 0.352 e. The topological polar surface area (TPSA) is 128 Å². The third-order valence-corrected chi connectivity index (χ3v) is 12.2. The maximum absolute atomic E-state index is 13.1. The summed E-state index contributed by atoms with van der Waals surface area (Å²) in [6.45, 7) is 4.24. The van der Waals surface area contributed by atoms with E-state index in [1.807, 2.05) is 77.0 Å². The highest BCUT2D eigenvalue weighted by molar-refractivity contribution is 7.88. The van der Waals surface area contributed by atoms with E-state index in [1.165, 1.54) is 10.6 Å². The zero-order valence-electron chi connectivity index (χ0n) is 31.8. The van der Waals surface area contributed by atoms with Crippen molar-refractivity contribution in [3.05, 3.63) is 108 Å². The fourth-order valence-corrected chi connectivity index (χ4v) is 9.01. The molecule has 0 atom stereocenters. The van der Waals surface area contributed by atoms with Crippen LogP contribution in [0.1, 0.15) is 46.7 Å². The van der Waals surface area contributed by atoms with Crippen molar-refractivity contribution < 1.29 is 32.5 Å². The lowest BCUT2D eigenvalue weighted by atomic mass is 9.98. The molecule has 0 bridgehead atoms. The minimum absolute atomic E-state index is 0.191. The number of sulfonamides is 1. The average Bonchev–Trinajstić information content (AvgIpc) is 3.68. The first-order valence-corrected chi connectivity index (χ1v) is 21.1. The van der Waals surface area contributed by atoms with Crippen molar-refractivity contribution in [3.63, 3.8) is 0 Å². The van der Waals surface area contributed by atoms with Gasteiger partial charge in [0.2, 0.25) is 10.0 Å². The molecule has 2 aliphatic heterocycles. The van der Waals surface area contributed by atoms with Gasteiger partial charge < -0.3 is 28.8 Å². The Balaban J connectivity index is 1.08. The van der Waals surface area contributed by atoms with Gasteiger partial charge in [0.1, 0.15) is 29.5 Å². The molecule has 56 heavy (non-hydrogen) atoms. The van der Waals surface area contributed by atoms with Crippen molar-refractivity contribution in [2.75, 3.05) is 50.5 Å². The van der Waals surface area contributed by atoms with Gasteiger partial charge in [-0.3, -0.25) is 4.68 Å². The van der Waals surface area contributed by atoms with Crippen molar-refractivity contribution in [1.82, 2.24) is 18.7 Å². The van der Waals surface area contributed by atoms with Crippen LogP contribution in [0.2, 0.25) is 0 Å². The van der Waals surface area contributed by atoms with Crippen LogP contribution in [-0.4, -0.2) is 83.8 Å². The summed E-state index contributed by atoms with van der Waals surface area (Å²) >= 11 is 0. The Kier molecular flexibility index (Phi) is 10.7. The molecule has 0 aliphatic carbocycles. The number of aryl methyl sites for hydroxylation is 3. The average molecular weight is 778 g/mol. The molecule has 1 saturated heterocycles. The zero-order chi connectivity index (χ0) is 38.8. The van der Waals surface area contributed by atoms with E-state index >= 15 is 0 Å². The molecule has 1 fully saturated rings. The number of hydrogen-bond donors (Lipinski definition) is 1. The van der Waals surface area contributed by atoms with Crippen LogP contribution in [0.15, 0.2) is 84.9 Å². The number of nitrogens with zero attached hydrogens (tertiary/aromatic N) is 5. The summed E-state index contributed by atoms with van der Waals surface area (Å²) in [5, 5.41) is 18.8. The van der Waals surface area contributed by atoms with Gasteiger partial charge in [-0.25, -0.2) is 13.2 Å². The Bertz CT molecular complexity index is 2480. The van der Waals surface area contributed by atoms with Gasteiger partial charge in [0, 0.05) is 74.0 Å². The predicted octanol–water partition coefficient (Wildman–Crippen LogP) is 6.88. The van der Waals surface area contributed by atoms with Crippen LogP contribution < -0.4 is 14.4 Å². The molecule has 0 saturated carbocycles. The zero-order valence-corrected chi connectivity index (χ0v) is 32.6.